The van der Waals surface area contributed by atoms with Crippen molar-refractivity contribution in [3.05, 3.63) is 0 Å². The predicted octanol–water partition coefficient (Wildman–Crippen LogP) is 2.30. The molecule has 0 rings (SSSR count). The number of aliphatic hydroxyl groups is 1. The number of aliphatic hydroxyl groups excluding tert-OH is 1. The molecule has 0 aromatic rings. The van der Waals surface area contributed by atoms with Gasteiger partial charge in [0.05, 0.1) is 0 Å². The van der Waals surface area contributed by atoms with Gasteiger partial charge in [-0.25, -0.2) is 0 Å². The zero-order chi connectivity index (χ0) is 8.15. The quantitative estimate of drug-likeness (QED) is 0.642. The van der Waals surface area contributed by atoms with Crippen LogP contribution >= 0.6 is 0 Å². The summed E-state index contributed by atoms with van der Waals surface area (Å²) < 4.78 is 0. The summed E-state index contributed by atoms with van der Waals surface area (Å²) in [5.74, 6) is 1.76. The minimum Gasteiger partial charge on any atom is -0.396 e. The molecule has 1 nitrogen and oxygen atoms in total. The van der Waals surface area contributed by atoms with E-state index in [2.05, 4.69) is 27.7 Å². The van der Waals surface area contributed by atoms with Crippen molar-refractivity contribution < 1.29 is 5.11 Å². The molecule has 2 atom stereocenters. The maximum atomic E-state index is 9.00. The topological polar surface area (TPSA) is 20.2 Å². The lowest BCUT2D eigenvalue weighted by Crippen LogP contribution is -2.20. The Morgan fingerprint density at radius 1 is 1.20 bits per heavy atom. The summed E-state index contributed by atoms with van der Waals surface area (Å²) in [6.07, 6.45) is 1.17. The van der Waals surface area contributed by atoms with Crippen LogP contribution in [0, 0.1) is 17.8 Å². The second-order valence-corrected chi connectivity index (χ2v) is 3.48. The summed E-state index contributed by atoms with van der Waals surface area (Å²) in [6, 6.07) is 0. The first-order valence-electron chi connectivity index (χ1n) is 4.24. The second-order valence-electron chi connectivity index (χ2n) is 3.48. The minimum absolute atomic E-state index is 0.340. The van der Waals surface area contributed by atoms with Gasteiger partial charge >= 0.3 is 0 Å². The Kier molecular flexibility index (Phi) is 4.71. The Hall–Kier alpha value is -0.0400. The normalized spacial score (nSPS) is 17.4. The van der Waals surface area contributed by atoms with E-state index in [0.717, 1.165) is 0 Å². The predicted molar refractivity (Wildman–Crippen MR) is 44.9 cm³/mol. The number of hydrogen-bond acceptors (Lipinski definition) is 1. The molecule has 0 aromatic heterocycles. The largest absolute Gasteiger partial charge is 0.396 e. The van der Waals surface area contributed by atoms with E-state index < -0.39 is 0 Å². The maximum Gasteiger partial charge on any atom is 0.0464 e. The van der Waals surface area contributed by atoms with Gasteiger partial charge in [-0.2, -0.15) is 0 Å². The van der Waals surface area contributed by atoms with E-state index in [4.69, 9.17) is 5.11 Å². The summed E-state index contributed by atoms with van der Waals surface area (Å²) in [4.78, 5) is 0. The van der Waals surface area contributed by atoms with E-state index in [0.29, 0.717) is 24.4 Å². The number of rotatable bonds is 4. The molecule has 1 heteroatoms. The van der Waals surface area contributed by atoms with Crippen LogP contribution in [0.5, 0.6) is 0 Å². The molecule has 1 N–H and O–H groups in total. The third-order valence-electron chi connectivity index (χ3n) is 2.44. The minimum atomic E-state index is 0.340. The van der Waals surface area contributed by atoms with Crippen LogP contribution in [-0.2, 0) is 0 Å². The fourth-order valence-electron chi connectivity index (χ4n) is 1.35. The SMILES string of the molecule is CC[C@H](C)[C@@H](CO)C(C)C. The van der Waals surface area contributed by atoms with E-state index in [1.807, 2.05) is 0 Å². The Morgan fingerprint density at radius 2 is 1.70 bits per heavy atom. The monoisotopic (exact) mass is 144 g/mol. The molecule has 0 aliphatic heterocycles. The van der Waals surface area contributed by atoms with Crippen LogP contribution < -0.4 is 0 Å². The van der Waals surface area contributed by atoms with Crippen molar-refractivity contribution in [2.24, 2.45) is 17.8 Å². The molecular weight excluding hydrogens is 124 g/mol. The van der Waals surface area contributed by atoms with E-state index in [9.17, 15) is 0 Å². The summed E-state index contributed by atoms with van der Waals surface area (Å²) >= 11 is 0. The second kappa shape index (κ2) is 4.73. The highest BCUT2D eigenvalue weighted by Gasteiger charge is 2.17. The highest BCUT2D eigenvalue weighted by molar-refractivity contribution is 4.67. The van der Waals surface area contributed by atoms with Crippen molar-refractivity contribution in [3.8, 4) is 0 Å². The van der Waals surface area contributed by atoms with Gasteiger partial charge in [0.2, 0.25) is 0 Å². The summed E-state index contributed by atoms with van der Waals surface area (Å²) in [5, 5.41) is 9.00. The first-order chi connectivity index (χ1) is 4.63. The Bertz CT molecular complexity index is 78.8. The van der Waals surface area contributed by atoms with Gasteiger partial charge in [-0.3, -0.25) is 0 Å². The average molecular weight is 144 g/mol. The molecule has 0 radical (unpaired) electrons. The van der Waals surface area contributed by atoms with Crippen LogP contribution in [0.15, 0.2) is 0 Å². The highest BCUT2D eigenvalue weighted by atomic mass is 16.3. The number of hydrogen-bond donors (Lipinski definition) is 1. The van der Waals surface area contributed by atoms with Gasteiger partial charge in [0.25, 0.3) is 0 Å². The van der Waals surface area contributed by atoms with Crippen LogP contribution in [0.3, 0.4) is 0 Å². The van der Waals surface area contributed by atoms with Gasteiger partial charge in [0.1, 0.15) is 0 Å². The van der Waals surface area contributed by atoms with Gasteiger partial charge < -0.3 is 5.11 Å². The average Bonchev–Trinajstić information content (AvgIpc) is 1.88. The zero-order valence-electron chi connectivity index (χ0n) is 7.59. The van der Waals surface area contributed by atoms with Crippen LogP contribution in [0.2, 0.25) is 0 Å². The van der Waals surface area contributed by atoms with Crippen LogP contribution in [0.25, 0.3) is 0 Å². The zero-order valence-corrected chi connectivity index (χ0v) is 7.59. The standard InChI is InChI=1S/C9H20O/c1-5-8(4)9(6-10)7(2)3/h7-10H,5-6H2,1-4H3/t8-,9-/m0/s1. The molecule has 0 saturated carbocycles. The molecule has 0 heterocycles. The first kappa shape index (κ1) is 9.96. The van der Waals surface area contributed by atoms with Crippen LogP contribution in [0.4, 0.5) is 0 Å². The molecule has 62 valence electrons. The molecule has 0 bridgehead atoms. The van der Waals surface area contributed by atoms with Crippen molar-refractivity contribution in [3.63, 3.8) is 0 Å². The molecule has 0 saturated heterocycles. The molecule has 0 spiro atoms. The molecular formula is C9H20O. The van der Waals surface area contributed by atoms with Crippen molar-refractivity contribution in [2.75, 3.05) is 6.61 Å². The van der Waals surface area contributed by atoms with Crippen molar-refractivity contribution in [1.29, 1.82) is 0 Å². The summed E-state index contributed by atoms with van der Waals surface area (Å²) in [6.45, 7) is 9.07. The van der Waals surface area contributed by atoms with E-state index in [-0.39, 0.29) is 0 Å². The van der Waals surface area contributed by atoms with Crippen LogP contribution in [-0.4, -0.2) is 11.7 Å². The lowest BCUT2D eigenvalue weighted by atomic mass is 9.84. The van der Waals surface area contributed by atoms with Crippen molar-refractivity contribution in [2.45, 2.75) is 34.1 Å². The van der Waals surface area contributed by atoms with E-state index in [1.54, 1.807) is 0 Å². The molecule has 0 aromatic carbocycles. The molecule has 0 amide bonds. The Labute approximate surface area is 64.5 Å². The van der Waals surface area contributed by atoms with Gasteiger partial charge in [-0.15, -0.1) is 0 Å². The smallest absolute Gasteiger partial charge is 0.0464 e. The maximum absolute atomic E-state index is 9.00. The fraction of sp³-hybridized carbons (Fsp3) is 1.00. The fourth-order valence-corrected chi connectivity index (χ4v) is 1.35. The lowest BCUT2D eigenvalue weighted by Gasteiger charge is -2.24. The van der Waals surface area contributed by atoms with Crippen molar-refractivity contribution in [1.82, 2.24) is 0 Å². The molecule has 0 aliphatic carbocycles. The third kappa shape index (κ3) is 2.70. The summed E-state index contributed by atoms with van der Waals surface area (Å²) in [5.41, 5.74) is 0. The highest BCUT2D eigenvalue weighted by Crippen LogP contribution is 2.22. The van der Waals surface area contributed by atoms with E-state index in [1.165, 1.54) is 6.42 Å². The van der Waals surface area contributed by atoms with Gasteiger partial charge in [0.15, 0.2) is 0 Å². The lowest BCUT2D eigenvalue weighted by molar-refractivity contribution is 0.140. The Balaban J connectivity index is 3.80. The van der Waals surface area contributed by atoms with Gasteiger partial charge in [0, 0.05) is 6.61 Å². The van der Waals surface area contributed by atoms with E-state index >= 15 is 0 Å². The Morgan fingerprint density at radius 3 is 1.80 bits per heavy atom. The van der Waals surface area contributed by atoms with Gasteiger partial charge in [-0.05, 0) is 17.8 Å². The van der Waals surface area contributed by atoms with Crippen LogP contribution in [0.1, 0.15) is 34.1 Å². The van der Waals surface area contributed by atoms with Gasteiger partial charge in [-0.1, -0.05) is 34.1 Å². The first-order valence-corrected chi connectivity index (χ1v) is 4.24. The third-order valence-corrected chi connectivity index (χ3v) is 2.44. The molecule has 0 unspecified atom stereocenters. The summed E-state index contributed by atoms with van der Waals surface area (Å²) in [7, 11) is 0. The molecule has 0 aliphatic rings. The van der Waals surface area contributed by atoms with Crippen molar-refractivity contribution >= 4 is 0 Å². The molecule has 10 heavy (non-hydrogen) atoms. The molecule has 0 fully saturated rings.